The van der Waals surface area contributed by atoms with Gasteiger partial charge >= 0.3 is 0 Å². The Labute approximate surface area is 130 Å². The largest absolute Gasteiger partial charge is 0.368 e. The van der Waals surface area contributed by atoms with Crippen molar-refractivity contribution in [2.45, 2.75) is 26.2 Å². The maximum Gasteiger partial charge on any atom is 0.222 e. The monoisotopic (exact) mass is 293 g/mol. The Hall–Kier alpha value is -2.61. The van der Waals surface area contributed by atoms with Gasteiger partial charge in [0, 0.05) is 31.0 Å². The molecule has 0 radical (unpaired) electrons. The van der Waals surface area contributed by atoms with Gasteiger partial charge in [-0.25, -0.2) is 4.98 Å². The van der Waals surface area contributed by atoms with Gasteiger partial charge in [0.15, 0.2) is 0 Å². The molecule has 2 N–H and O–H groups in total. The summed E-state index contributed by atoms with van der Waals surface area (Å²) in [6.07, 6.45) is 7.12. The first-order chi connectivity index (χ1) is 10.7. The number of aromatic nitrogens is 3. The minimum atomic E-state index is 0.310. The number of nitrogens with zero attached hydrogens (tertiary/aromatic N) is 4. The Balaban J connectivity index is 2.01. The molecule has 2 aromatic heterocycles. The summed E-state index contributed by atoms with van der Waals surface area (Å²) < 4.78 is 0. The van der Waals surface area contributed by atoms with Gasteiger partial charge in [-0.1, -0.05) is 11.8 Å². The van der Waals surface area contributed by atoms with Crippen molar-refractivity contribution < 1.29 is 0 Å². The van der Waals surface area contributed by atoms with Crippen molar-refractivity contribution in [3.8, 4) is 11.8 Å². The van der Waals surface area contributed by atoms with Gasteiger partial charge in [0.25, 0.3) is 0 Å². The van der Waals surface area contributed by atoms with E-state index in [1.54, 1.807) is 12.4 Å². The minimum absolute atomic E-state index is 0.310. The smallest absolute Gasteiger partial charge is 0.222 e. The lowest BCUT2D eigenvalue weighted by atomic mass is 10.1. The van der Waals surface area contributed by atoms with Gasteiger partial charge in [-0.05, 0) is 38.3 Å². The minimum Gasteiger partial charge on any atom is -0.368 e. The normalized spacial score (nSPS) is 14.3. The molecule has 0 aromatic carbocycles. The molecule has 0 spiro atoms. The van der Waals surface area contributed by atoms with Crippen molar-refractivity contribution >= 4 is 11.8 Å². The van der Waals surface area contributed by atoms with Gasteiger partial charge in [-0.2, -0.15) is 4.98 Å². The fourth-order valence-electron chi connectivity index (χ4n) is 2.63. The fraction of sp³-hybridized carbons (Fsp3) is 0.353. The highest BCUT2D eigenvalue weighted by atomic mass is 15.2. The molecule has 0 saturated carbocycles. The molecule has 0 unspecified atom stereocenters. The molecule has 3 rings (SSSR count). The lowest BCUT2D eigenvalue weighted by Gasteiger charge is -2.28. The molecule has 1 aliphatic heterocycles. The highest BCUT2D eigenvalue weighted by Crippen LogP contribution is 2.24. The van der Waals surface area contributed by atoms with E-state index in [-0.39, 0.29) is 0 Å². The van der Waals surface area contributed by atoms with E-state index in [1.807, 2.05) is 19.1 Å². The van der Waals surface area contributed by atoms with E-state index >= 15 is 0 Å². The zero-order chi connectivity index (χ0) is 15.4. The van der Waals surface area contributed by atoms with E-state index in [9.17, 15) is 0 Å². The van der Waals surface area contributed by atoms with E-state index in [2.05, 4.69) is 31.7 Å². The third kappa shape index (κ3) is 3.17. The Kier molecular flexibility index (Phi) is 4.19. The zero-order valence-corrected chi connectivity index (χ0v) is 12.7. The number of hydrogen-bond donors (Lipinski definition) is 1. The molecule has 0 aliphatic carbocycles. The van der Waals surface area contributed by atoms with E-state index < -0.39 is 0 Å². The maximum absolute atomic E-state index is 5.84. The molecule has 2 aromatic rings. The first-order valence-electron chi connectivity index (χ1n) is 7.55. The molecule has 0 amide bonds. The molecule has 1 aliphatic rings. The summed E-state index contributed by atoms with van der Waals surface area (Å²) in [5.41, 5.74) is 8.40. The first-order valence-corrected chi connectivity index (χ1v) is 7.55. The quantitative estimate of drug-likeness (QED) is 0.816. The van der Waals surface area contributed by atoms with Gasteiger partial charge < -0.3 is 10.6 Å². The number of anilines is 2. The van der Waals surface area contributed by atoms with Crippen molar-refractivity contribution in [1.82, 2.24) is 15.0 Å². The van der Waals surface area contributed by atoms with Gasteiger partial charge in [0.1, 0.15) is 5.82 Å². The second-order valence-corrected chi connectivity index (χ2v) is 5.41. The molecular weight excluding hydrogens is 274 g/mol. The highest BCUT2D eigenvalue weighted by molar-refractivity contribution is 5.61. The van der Waals surface area contributed by atoms with Gasteiger partial charge in [-0.3, -0.25) is 4.98 Å². The number of aryl methyl sites for hydroxylation is 1. The van der Waals surface area contributed by atoms with E-state index in [0.29, 0.717) is 5.95 Å². The lowest BCUT2D eigenvalue weighted by Crippen LogP contribution is -2.31. The Morgan fingerprint density at radius 1 is 1.14 bits per heavy atom. The number of hydrogen-bond acceptors (Lipinski definition) is 5. The van der Waals surface area contributed by atoms with Crippen LogP contribution in [0.5, 0.6) is 0 Å². The Morgan fingerprint density at radius 3 is 2.68 bits per heavy atom. The van der Waals surface area contributed by atoms with Crippen molar-refractivity contribution in [2.24, 2.45) is 0 Å². The Morgan fingerprint density at radius 2 is 1.95 bits per heavy atom. The second kappa shape index (κ2) is 6.44. The fourth-order valence-corrected chi connectivity index (χ4v) is 2.63. The summed E-state index contributed by atoms with van der Waals surface area (Å²) in [4.78, 5) is 15.1. The van der Waals surface area contributed by atoms with Crippen LogP contribution in [0.1, 0.15) is 36.1 Å². The van der Waals surface area contributed by atoms with Crippen LogP contribution in [0.3, 0.4) is 0 Å². The van der Waals surface area contributed by atoms with Crippen LogP contribution >= 0.6 is 0 Å². The highest BCUT2D eigenvalue weighted by Gasteiger charge is 2.18. The molecule has 0 bridgehead atoms. The molecule has 0 atom stereocenters. The van der Waals surface area contributed by atoms with Crippen molar-refractivity contribution in [1.29, 1.82) is 0 Å². The van der Waals surface area contributed by atoms with Crippen LogP contribution in [0.15, 0.2) is 24.5 Å². The van der Waals surface area contributed by atoms with Crippen LogP contribution in [0.25, 0.3) is 0 Å². The average Bonchev–Trinajstić information content (AvgIpc) is 2.55. The SMILES string of the molecule is Cc1nc(N)nc(N2CCCCC2)c1C#Cc1cccnc1. The maximum atomic E-state index is 5.84. The predicted molar refractivity (Wildman–Crippen MR) is 87.5 cm³/mol. The molecular formula is C17H19N5. The third-order valence-electron chi connectivity index (χ3n) is 3.74. The van der Waals surface area contributed by atoms with Gasteiger partial charge in [-0.15, -0.1) is 0 Å². The predicted octanol–water partition coefficient (Wildman–Crippen LogP) is 2.15. The molecule has 112 valence electrons. The summed E-state index contributed by atoms with van der Waals surface area (Å²) in [6.45, 7) is 3.92. The lowest BCUT2D eigenvalue weighted by molar-refractivity contribution is 0.572. The molecule has 22 heavy (non-hydrogen) atoms. The summed E-state index contributed by atoms with van der Waals surface area (Å²) >= 11 is 0. The van der Waals surface area contributed by atoms with E-state index in [0.717, 1.165) is 35.7 Å². The number of nitrogen functional groups attached to an aromatic ring is 1. The van der Waals surface area contributed by atoms with E-state index in [4.69, 9.17) is 5.73 Å². The molecule has 5 nitrogen and oxygen atoms in total. The van der Waals surface area contributed by atoms with Gasteiger partial charge in [0.05, 0.1) is 11.3 Å². The van der Waals surface area contributed by atoms with Crippen LogP contribution in [-0.4, -0.2) is 28.0 Å². The molecule has 1 fully saturated rings. The third-order valence-corrected chi connectivity index (χ3v) is 3.74. The molecule has 1 saturated heterocycles. The second-order valence-electron chi connectivity index (χ2n) is 5.41. The van der Waals surface area contributed by atoms with E-state index in [1.165, 1.54) is 19.3 Å². The molecule has 3 heterocycles. The average molecular weight is 293 g/mol. The number of piperidine rings is 1. The molecule has 5 heteroatoms. The number of nitrogens with two attached hydrogens (primary N) is 1. The van der Waals surface area contributed by atoms with Crippen molar-refractivity contribution in [3.63, 3.8) is 0 Å². The standard InChI is InChI=1S/C17H19N5/c1-13-15(8-7-14-6-5-9-19-12-14)16(21-17(18)20-13)22-10-3-2-4-11-22/h5-6,9,12H,2-4,10-11H2,1H3,(H2,18,20,21). The number of rotatable bonds is 1. The summed E-state index contributed by atoms with van der Waals surface area (Å²) in [5.74, 6) is 7.52. The zero-order valence-electron chi connectivity index (χ0n) is 12.7. The Bertz CT molecular complexity index is 709. The van der Waals surface area contributed by atoms with Crippen LogP contribution in [0, 0.1) is 18.8 Å². The first kappa shape index (κ1) is 14.3. The topological polar surface area (TPSA) is 67.9 Å². The van der Waals surface area contributed by atoms with Crippen LogP contribution < -0.4 is 10.6 Å². The summed E-state index contributed by atoms with van der Waals surface area (Å²) in [7, 11) is 0. The summed E-state index contributed by atoms with van der Waals surface area (Å²) in [5, 5.41) is 0. The number of pyridine rings is 1. The van der Waals surface area contributed by atoms with Crippen LogP contribution in [0.2, 0.25) is 0 Å². The van der Waals surface area contributed by atoms with Crippen LogP contribution in [0.4, 0.5) is 11.8 Å². The van der Waals surface area contributed by atoms with Gasteiger partial charge in [0.2, 0.25) is 5.95 Å². The summed E-state index contributed by atoms with van der Waals surface area (Å²) in [6, 6.07) is 3.82. The van der Waals surface area contributed by atoms with Crippen molar-refractivity contribution in [2.75, 3.05) is 23.7 Å². The van der Waals surface area contributed by atoms with Crippen molar-refractivity contribution in [3.05, 3.63) is 41.3 Å². The van der Waals surface area contributed by atoms with Crippen LogP contribution in [-0.2, 0) is 0 Å².